The summed E-state index contributed by atoms with van der Waals surface area (Å²) in [5, 5.41) is 0.146. The highest BCUT2D eigenvalue weighted by Crippen LogP contribution is 2.22. The first-order valence-electron chi connectivity index (χ1n) is 4.74. The number of imidazole rings is 1. The van der Waals surface area contributed by atoms with Crippen LogP contribution < -0.4 is 4.74 Å². The molecule has 1 unspecified atom stereocenters. The van der Waals surface area contributed by atoms with Gasteiger partial charge in [-0.25, -0.2) is 4.98 Å². The van der Waals surface area contributed by atoms with Crippen LogP contribution in [0.3, 0.4) is 0 Å². The molecule has 5 nitrogen and oxygen atoms in total. The van der Waals surface area contributed by atoms with E-state index in [0.29, 0.717) is 17.0 Å². The number of nitrogens with zero attached hydrogens (tertiary/aromatic N) is 3. The molecule has 0 spiro atoms. The summed E-state index contributed by atoms with van der Waals surface area (Å²) in [6, 6.07) is 0. The van der Waals surface area contributed by atoms with Crippen LogP contribution in [0.1, 0.15) is 20.3 Å². The number of aromatic nitrogens is 4. The van der Waals surface area contributed by atoms with E-state index in [1.165, 1.54) is 0 Å². The Morgan fingerprint density at radius 2 is 2.33 bits per heavy atom. The van der Waals surface area contributed by atoms with Crippen LogP contribution in [0.15, 0.2) is 6.33 Å². The lowest BCUT2D eigenvalue weighted by molar-refractivity contribution is 0.211. The molecular weight excluding hydrogens is 216 g/mol. The van der Waals surface area contributed by atoms with Gasteiger partial charge in [0.2, 0.25) is 11.2 Å². The van der Waals surface area contributed by atoms with E-state index in [1.807, 2.05) is 13.8 Å². The second-order valence-corrected chi connectivity index (χ2v) is 3.57. The normalized spacial score (nSPS) is 13.0. The van der Waals surface area contributed by atoms with E-state index in [9.17, 15) is 0 Å². The molecule has 0 bridgehead atoms. The van der Waals surface area contributed by atoms with E-state index in [2.05, 4.69) is 19.9 Å². The van der Waals surface area contributed by atoms with E-state index in [0.717, 1.165) is 6.42 Å². The van der Waals surface area contributed by atoms with Crippen LogP contribution >= 0.6 is 11.6 Å². The Hall–Kier alpha value is -1.36. The summed E-state index contributed by atoms with van der Waals surface area (Å²) in [5.74, 6) is 0.455. The summed E-state index contributed by atoms with van der Waals surface area (Å²) >= 11 is 5.75. The highest BCUT2D eigenvalue weighted by molar-refractivity contribution is 6.28. The zero-order valence-corrected chi connectivity index (χ0v) is 9.25. The Balaban J connectivity index is 2.44. The molecule has 0 aliphatic rings. The number of hydrogen-bond donors (Lipinski definition) is 1. The monoisotopic (exact) mass is 226 g/mol. The predicted molar refractivity (Wildman–Crippen MR) is 57.1 cm³/mol. The molecule has 2 heterocycles. The summed E-state index contributed by atoms with van der Waals surface area (Å²) in [5.41, 5.74) is 1.20. The molecule has 2 rings (SSSR count). The molecule has 0 aliphatic heterocycles. The summed E-state index contributed by atoms with van der Waals surface area (Å²) in [6.07, 6.45) is 2.53. The minimum absolute atomic E-state index is 0.0856. The van der Waals surface area contributed by atoms with Gasteiger partial charge in [-0.2, -0.15) is 9.97 Å². The number of aromatic amines is 1. The minimum atomic E-state index is 0.0856. The number of halogens is 1. The zero-order chi connectivity index (χ0) is 10.8. The molecule has 1 N–H and O–H groups in total. The van der Waals surface area contributed by atoms with Crippen molar-refractivity contribution in [3.05, 3.63) is 11.6 Å². The SMILES string of the molecule is CCC(C)Oc1nc(Cl)nc2nc[nH]c12. The fourth-order valence-corrected chi connectivity index (χ4v) is 1.30. The molecule has 0 aromatic carbocycles. The Kier molecular flexibility index (Phi) is 2.73. The first kappa shape index (κ1) is 10.2. The molecule has 0 saturated heterocycles. The van der Waals surface area contributed by atoms with Gasteiger partial charge in [-0.1, -0.05) is 6.92 Å². The summed E-state index contributed by atoms with van der Waals surface area (Å²) in [6.45, 7) is 4.01. The molecule has 0 fully saturated rings. The average molecular weight is 227 g/mol. The van der Waals surface area contributed by atoms with Gasteiger partial charge in [0.15, 0.2) is 5.65 Å². The van der Waals surface area contributed by atoms with Crippen molar-refractivity contribution in [2.24, 2.45) is 0 Å². The summed E-state index contributed by atoms with van der Waals surface area (Å²) in [4.78, 5) is 14.9. The molecule has 80 valence electrons. The van der Waals surface area contributed by atoms with Gasteiger partial charge in [-0.15, -0.1) is 0 Å². The molecular formula is C9H11ClN4O. The molecule has 6 heteroatoms. The highest BCUT2D eigenvalue weighted by atomic mass is 35.5. The third kappa shape index (κ3) is 2.02. The van der Waals surface area contributed by atoms with Crippen molar-refractivity contribution in [2.45, 2.75) is 26.4 Å². The van der Waals surface area contributed by atoms with Crippen molar-refractivity contribution < 1.29 is 4.74 Å². The zero-order valence-electron chi connectivity index (χ0n) is 8.49. The Morgan fingerprint density at radius 1 is 1.53 bits per heavy atom. The van der Waals surface area contributed by atoms with Gasteiger partial charge in [-0.3, -0.25) is 0 Å². The van der Waals surface area contributed by atoms with Gasteiger partial charge in [0.25, 0.3) is 0 Å². The Bertz CT molecular complexity index is 470. The van der Waals surface area contributed by atoms with Crippen LogP contribution in [0, 0.1) is 0 Å². The van der Waals surface area contributed by atoms with E-state index in [1.54, 1.807) is 6.33 Å². The quantitative estimate of drug-likeness (QED) is 0.815. The second kappa shape index (κ2) is 4.02. The number of fused-ring (bicyclic) bond motifs is 1. The largest absolute Gasteiger partial charge is 0.473 e. The number of rotatable bonds is 3. The lowest BCUT2D eigenvalue weighted by Gasteiger charge is -2.11. The first-order valence-corrected chi connectivity index (χ1v) is 5.11. The molecule has 0 saturated carbocycles. The smallest absolute Gasteiger partial charge is 0.244 e. The van der Waals surface area contributed by atoms with E-state index in [4.69, 9.17) is 16.3 Å². The number of ether oxygens (including phenoxy) is 1. The van der Waals surface area contributed by atoms with Gasteiger partial charge in [-0.05, 0) is 24.9 Å². The van der Waals surface area contributed by atoms with E-state index >= 15 is 0 Å². The standard InChI is InChI=1S/C9H11ClN4O/c1-3-5(2)15-8-6-7(12-4-11-6)13-9(10)14-8/h4-5H,3H2,1-2H3,(H,11,12,13,14). The second-order valence-electron chi connectivity index (χ2n) is 3.24. The lowest BCUT2D eigenvalue weighted by atomic mass is 10.3. The molecule has 0 radical (unpaired) electrons. The van der Waals surface area contributed by atoms with Crippen LogP contribution in [0.5, 0.6) is 5.88 Å². The molecule has 2 aromatic rings. The first-order chi connectivity index (χ1) is 7.20. The Labute approximate surface area is 91.9 Å². The molecule has 2 aromatic heterocycles. The molecule has 15 heavy (non-hydrogen) atoms. The van der Waals surface area contributed by atoms with Gasteiger partial charge in [0.1, 0.15) is 5.52 Å². The maximum atomic E-state index is 5.75. The third-order valence-corrected chi connectivity index (χ3v) is 2.28. The summed E-state index contributed by atoms with van der Waals surface area (Å²) in [7, 11) is 0. The van der Waals surface area contributed by atoms with Crippen LogP contribution in [0.25, 0.3) is 11.2 Å². The van der Waals surface area contributed by atoms with Gasteiger partial charge in [0.05, 0.1) is 12.4 Å². The lowest BCUT2D eigenvalue weighted by Crippen LogP contribution is -2.11. The van der Waals surface area contributed by atoms with Crippen molar-refractivity contribution in [1.29, 1.82) is 0 Å². The van der Waals surface area contributed by atoms with Gasteiger partial charge >= 0.3 is 0 Å². The number of nitrogens with one attached hydrogen (secondary N) is 1. The van der Waals surface area contributed by atoms with Crippen LogP contribution in [0.4, 0.5) is 0 Å². The maximum Gasteiger partial charge on any atom is 0.244 e. The highest BCUT2D eigenvalue weighted by Gasteiger charge is 2.12. The minimum Gasteiger partial charge on any atom is -0.473 e. The van der Waals surface area contributed by atoms with Crippen LogP contribution in [0.2, 0.25) is 5.28 Å². The third-order valence-electron chi connectivity index (χ3n) is 2.11. The molecule has 0 amide bonds. The average Bonchev–Trinajstić information content (AvgIpc) is 2.65. The fourth-order valence-electron chi connectivity index (χ4n) is 1.14. The molecule has 1 atom stereocenters. The topological polar surface area (TPSA) is 63.7 Å². The summed E-state index contributed by atoms with van der Waals surface area (Å²) < 4.78 is 5.61. The van der Waals surface area contributed by atoms with Crippen LogP contribution in [-0.4, -0.2) is 26.0 Å². The van der Waals surface area contributed by atoms with Crippen molar-refractivity contribution in [2.75, 3.05) is 0 Å². The maximum absolute atomic E-state index is 5.75. The van der Waals surface area contributed by atoms with Crippen molar-refractivity contribution in [3.8, 4) is 5.88 Å². The van der Waals surface area contributed by atoms with Crippen molar-refractivity contribution in [3.63, 3.8) is 0 Å². The van der Waals surface area contributed by atoms with Gasteiger partial charge in [0, 0.05) is 0 Å². The Morgan fingerprint density at radius 3 is 3.07 bits per heavy atom. The van der Waals surface area contributed by atoms with Gasteiger partial charge < -0.3 is 9.72 Å². The van der Waals surface area contributed by atoms with E-state index in [-0.39, 0.29) is 11.4 Å². The number of hydrogen-bond acceptors (Lipinski definition) is 4. The fraction of sp³-hybridized carbons (Fsp3) is 0.444. The predicted octanol–water partition coefficient (Wildman–Crippen LogP) is 2.18. The van der Waals surface area contributed by atoms with Crippen molar-refractivity contribution in [1.82, 2.24) is 19.9 Å². The van der Waals surface area contributed by atoms with E-state index < -0.39 is 0 Å². The van der Waals surface area contributed by atoms with Crippen molar-refractivity contribution >= 4 is 22.8 Å². The van der Waals surface area contributed by atoms with Crippen LogP contribution in [-0.2, 0) is 0 Å². The number of H-pyrrole nitrogens is 1. The molecule has 0 aliphatic carbocycles.